The molecule has 2 N–H and O–H groups in total. The summed E-state index contributed by atoms with van der Waals surface area (Å²) >= 11 is 1.24. The Balaban J connectivity index is 1.85. The quantitative estimate of drug-likeness (QED) is 0.755. The second-order valence-electron chi connectivity index (χ2n) is 5.43. The standard InChI is InChI=1S/C15H16N6O2S/c1-9(2)21(15(23)19-14-20-16-8-24-14)7-12-17-11-6-4-3-5-10(11)13(22)18-12/h3-6,8-9H,7H2,1-2H3,(H,17,18,22)(H,19,20,23). The molecule has 0 spiro atoms. The number of carbonyl (C=O) groups excluding carboxylic acids is 1. The zero-order valence-corrected chi connectivity index (χ0v) is 14.0. The number of rotatable bonds is 4. The normalized spacial score (nSPS) is 11.0. The molecule has 0 aliphatic carbocycles. The predicted molar refractivity (Wildman–Crippen MR) is 92.0 cm³/mol. The number of benzene rings is 1. The van der Waals surface area contributed by atoms with Crippen molar-refractivity contribution in [3.63, 3.8) is 0 Å². The predicted octanol–water partition coefficient (Wildman–Crippen LogP) is 2.22. The lowest BCUT2D eigenvalue weighted by molar-refractivity contribution is 0.192. The Morgan fingerprint density at radius 3 is 2.88 bits per heavy atom. The van der Waals surface area contributed by atoms with E-state index in [0.29, 0.717) is 21.9 Å². The summed E-state index contributed by atoms with van der Waals surface area (Å²) in [6.45, 7) is 3.96. The van der Waals surface area contributed by atoms with Crippen LogP contribution in [0.5, 0.6) is 0 Å². The molecular formula is C15H16N6O2S. The van der Waals surface area contributed by atoms with Gasteiger partial charge in [-0.2, -0.15) is 0 Å². The second kappa shape index (κ2) is 6.75. The molecule has 0 fully saturated rings. The van der Waals surface area contributed by atoms with Gasteiger partial charge in [-0.05, 0) is 26.0 Å². The fourth-order valence-corrected chi connectivity index (χ4v) is 2.69. The van der Waals surface area contributed by atoms with Crippen LogP contribution in [0.3, 0.4) is 0 Å². The number of nitrogens with zero attached hydrogens (tertiary/aromatic N) is 4. The van der Waals surface area contributed by atoms with Gasteiger partial charge in [0.1, 0.15) is 11.3 Å². The number of nitrogens with one attached hydrogen (secondary N) is 2. The molecule has 0 bridgehead atoms. The molecule has 0 aliphatic rings. The molecule has 1 aromatic carbocycles. The van der Waals surface area contributed by atoms with Gasteiger partial charge < -0.3 is 9.88 Å². The van der Waals surface area contributed by atoms with Crippen molar-refractivity contribution in [2.24, 2.45) is 0 Å². The SMILES string of the molecule is CC(C)N(Cc1nc2ccccc2c(=O)[nH]1)C(=O)Nc1nncs1. The van der Waals surface area contributed by atoms with Crippen LogP contribution in [0.4, 0.5) is 9.93 Å². The van der Waals surface area contributed by atoms with Crippen molar-refractivity contribution in [2.75, 3.05) is 5.32 Å². The molecule has 3 aromatic rings. The second-order valence-corrected chi connectivity index (χ2v) is 6.26. The van der Waals surface area contributed by atoms with Gasteiger partial charge in [-0.15, -0.1) is 10.2 Å². The summed E-state index contributed by atoms with van der Waals surface area (Å²) < 4.78 is 0. The minimum Gasteiger partial charge on any atom is -0.315 e. The van der Waals surface area contributed by atoms with Crippen molar-refractivity contribution in [3.05, 3.63) is 46.0 Å². The molecule has 0 unspecified atom stereocenters. The minimum absolute atomic E-state index is 0.0882. The zero-order valence-electron chi connectivity index (χ0n) is 13.2. The van der Waals surface area contributed by atoms with Crippen LogP contribution in [0.1, 0.15) is 19.7 Å². The number of amides is 2. The van der Waals surface area contributed by atoms with Crippen LogP contribution in [0, 0.1) is 0 Å². The topological polar surface area (TPSA) is 104 Å². The first kappa shape index (κ1) is 16.1. The summed E-state index contributed by atoms with van der Waals surface area (Å²) in [5.74, 6) is 0.430. The highest BCUT2D eigenvalue weighted by Gasteiger charge is 2.20. The van der Waals surface area contributed by atoms with Gasteiger partial charge in [0.15, 0.2) is 0 Å². The third-order valence-electron chi connectivity index (χ3n) is 3.44. The van der Waals surface area contributed by atoms with Crippen LogP contribution in [0.15, 0.2) is 34.6 Å². The Labute approximate surface area is 141 Å². The number of fused-ring (bicyclic) bond motifs is 1. The average Bonchev–Trinajstić information content (AvgIpc) is 3.05. The fraction of sp³-hybridized carbons (Fsp3) is 0.267. The van der Waals surface area contributed by atoms with Gasteiger partial charge in [-0.1, -0.05) is 23.5 Å². The van der Waals surface area contributed by atoms with Gasteiger partial charge in [0.25, 0.3) is 5.56 Å². The third-order valence-corrected chi connectivity index (χ3v) is 4.05. The van der Waals surface area contributed by atoms with Gasteiger partial charge in [0.2, 0.25) is 5.13 Å². The number of anilines is 1. The van der Waals surface area contributed by atoms with Crippen LogP contribution in [0.25, 0.3) is 10.9 Å². The maximum Gasteiger partial charge on any atom is 0.324 e. The zero-order chi connectivity index (χ0) is 17.1. The van der Waals surface area contributed by atoms with E-state index in [4.69, 9.17) is 0 Å². The molecule has 2 amide bonds. The smallest absolute Gasteiger partial charge is 0.315 e. The number of hydrogen-bond donors (Lipinski definition) is 2. The summed E-state index contributed by atoms with van der Waals surface area (Å²) in [7, 11) is 0. The highest BCUT2D eigenvalue weighted by Crippen LogP contribution is 2.13. The largest absolute Gasteiger partial charge is 0.324 e. The molecule has 2 aromatic heterocycles. The van der Waals surface area contributed by atoms with E-state index in [1.807, 2.05) is 19.9 Å². The van der Waals surface area contributed by atoms with E-state index in [0.717, 1.165) is 0 Å². The summed E-state index contributed by atoms with van der Waals surface area (Å²) in [6, 6.07) is 6.69. The number of para-hydroxylation sites is 1. The molecule has 0 saturated heterocycles. The molecule has 9 heteroatoms. The summed E-state index contributed by atoms with van der Waals surface area (Å²) in [4.78, 5) is 33.3. The molecule has 24 heavy (non-hydrogen) atoms. The highest BCUT2D eigenvalue weighted by atomic mass is 32.1. The Kier molecular flexibility index (Phi) is 4.52. The lowest BCUT2D eigenvalue weighted by atomic mass is 10.2. The fourth-order valence-electron chi connectivity index (χ4n) is 2.25. The maximum atomic E-state index is 12.4. The van der Waals surface area contributed by atoms with Crippen molar-refractivity contribution in [1.29, 1.82) is 0 Å². The third kappa shape index (κ3) is 3.40. The Bertz CT molecular complexity index is 906. The van der Waals surface area contributed by atoms with Crippen molar-refractivity contribution in [3.8, 4) is 0 Å². The van der Waals surface area contributed by atoms with E-state index in [-0.39, 0.29) is 24.2 Å². The highest BCUT2D eigenvalue weighted by molar-refractivity contribution is 7.13. The lowest BCUT2D eigenvalue weighted by Gasteiger charge is -2.25. The molecule has 8 nitrogen and oxygen atoms in total. The van der Waals surface area contributed by atoms with Crippen molar-refractivity contribution in [2.45, 2.75) is 26.4 Å². The number of carbonyl (C=O) groups is 1. The van der Waals surface area contributed by atoms with Crippen molar-refractivity contribution >= 4 is 33.4 Å². The van der Waals surface area contributed by atoms with Crippen molar-refractivity contribution in [1.82, 2.24) is 25.1 Å². The van der Waals surface area contributed by atoms with E-state index >= 15 is 0 Å². The van der Waals surface area contributed by atoms with Crippen LogP contribution in [0.2, 0.25) is 0 Å². The molecule has 3 rings (SSSR count). The molecular weight excluding hydrogens is 328 g/mol. The summed E-state index contributed by atoms with van der Waals surface area (Å²) in [6.07, 6.45) is 0. The van der Waals surface area contributed by atoms with Crippen LogP contribution < -0.4 is 10.9 Å². The maximum absolute atomic E-state index is 12.4. The molecule has 2 heterocycles. The number of aromatic amines is 1. The van der Waals surface area contributed by atoms with Gasteiger partial charge in [0.05, 0.1) is 17.4 Å². The summed E-state index contributed by atoms with van der Waals surface area (Å²) in [5, 5.41) is 11.1. The van der Waals surface area contributed by atoms with Gasteiger partial charge in [-0.25, -0.2) is 9.78 Å². The van der Waals surface area contributed by atoms with Crippen LogP contribution in [-0.4, -0.2) is 37.1 Å². The van der Waals surface area contributed by atoms with Crippen LogP contribution in [-0.2, 0) is 6.54 Å². The number of urea groups is 1. The van der Waals surface area contributed by atoms with Gasteiger partial charge in [-0.3, -0.25) is 10.1 Å². The average molecular weight is 344 g/mol. The summed E-state index contributed by atoms with van der Waals surface area (Å²) in [5.41, 5.74) is 1.92. The van der Waals surface area contributed by atoms with Gasteiger partial charge in [0, 0.05) is 6.04 Å². The lowest BCUT2D eigenvalue weighted by Crippen LogP contribution is -2.40. The first-order valence-electron chi connectivity index (χ1n) is 7.36. The molecule has 124 valence electrons. The minimum atomic E-state index is -0.322. The van der Waals surface area contributed by atoms with Gasteiger partial charge >= 0.3 is 6.03 Å². The Morgan fingerprint density at radius 1 is 1.38 bits per heavy atom. The van der Waals surface area contributed by atoms with E-state index < -0.39 is 0 Å². The molecule has 0 radical (unpaired) electrons. The first-order chi connectivity index (χ1) is 11.5. The van der Waals surface area contributed by atoms with Crippen LogP contribution >= 0.6 is 11.3 Å². The monoisotopic (exact) mass is 344 g/mol. The van der Waals surface area contributed by atoms with Crippen molar-refractivity contribution < 1.29 is 4.79 Å². The van der Waals surface area contributed by atoms with E-state index in [9.17, 15) is 9.59 Å². The van der Waals surface area contributed by atoms with E-state index in [1.54, 1.807) is 23.1 Å². The van der Waals surface area contributed by atoms with E-state index in [1.165, 1.54) is 16.8 Å². The molecule has 0 aliphatic heterocycles. The Morgan fingerprint density at radius 2 is 2.17 bits per heavy atom. The molecule has 0 saturated carbocycles. The number of hydrogen-bond acceptors (Lipinski definition) is 6. The first-order valence-corrected chi connectivity index (χ1v) is 8.24. The van der Waals surface area contributed by atoms with E-state index in [2.05, 4.69) is 25.5 Å². The number of aromatic nitrogens is 4. The molecule has 0 atom stereocenters. The number of H-pyrrole nitrogens is 1. The Hall–Kier alpha value is -2.81.